The summed E-state index contributed by atoms with van der Waals surface area (Å²) in [6, 6.07) is 17.4. The van der Waals surface area contributed by atoms with Crippen molar-refractivity contribution in [1.29, 1.82) is 5.26 Å². The molecule has 15 heteroatoms. The van der Waals surface area contributed by atoms with E-state index in [1.165, 1.54) is 0 Å². The fourth-order valence-electron chi connectivity index (χ4n) is 5.43. The summed E-state index contributed by atoms with van der Waals surface area (Å²) >= 11 is 0. The maximum absolute atomic E-state index is 14.3. The van der Waals surface area contributed by atoms with Gasteiger partial charge in [0.2, 0.25) is 5.60 Å². The molecule has 6 N–H and O–H groups in total. The van der Waals surface area contributed by atoms with E-state index in [1.54, 1.807) is 48.3 Å². The van der Waals surface area contributed by atoms with E-state index in [0.717, 1.165) is 5.56 Å². The number of ether oxygens (including phenoxy) is 2. The average Bonchev–Trinajstić information content (AvgIpc) is 3.57. The van der Waals surface area contributed by atoms with Gasteiger partial charge in [-0.1, -0.05) is 54.6 Å². The number of nitrogens with zero attached hydrogens (tertiary/aromatic N) is 3. The molecule has 0 spiro atoms. The molecular weight excluding hydrogens is 591 g/mol. The van der Waals surface area contributed by atoms with Crippen molar-refractivity contribution in [2.45, 2.75) is 55.8 Å². The van der Waals surface area contributed by atoms with Crippen molar-refractivity contribution in [3.05, 3.63) is 78.0 Å². The Morgan fingerprint density at radius 3 is 2.66 bits per heavy atom. The normalized spacial score (nSPS) is 28.2. The number of aliphatic imine (C=N–C) groups is 1. The molecule has 3 aliphatic rings. The molecule has 7 atom stereocenters. The van der Waals surface area contributed by atoms with E-state index in [9.17, 15) is 24.8 Å². The molecule has 0 bridgehead atoms. The lowest BCUT2D eigenvalue weighted by atomic mass is 9.87. The minimum Gasteiger partial charge on any atom is -0.465 e. The zero-order valence-corrected chi connectivity index (χ0v) is 24.9. The summed E-state index contributed by atoms with van der Waals surface area (Å²) in [6.07, 6.45) is -2.42. The number of hydrogen-bond acceptors (Lipinski definition) is 13. The molecule has 234 valence electrons. The second kappa shape index (κ2) is 13.5. The van der Waals surface area contributed by atoms with Crippen molar-refractivity contribution < 1.29 is 38.1 Å². The highest BCUT2D eigenvalue weighted by atomic mass is 31.2. The Labute approximate surface area is 254 Å². The second-order valence-electron chi connectivity index (χ2n) is 10.4. The van der Waals surface area contributed by atoms with Crippen LogP contribution in [0.4, 0.5) is 0 Å². The number of aliphatic hydroxyl groups is 2. The maximum atomic E-state index is 14.3. The van der Waals surface area contributed by atoms with Gasteiger partial charge < -0.3 is 29.9 Å². The predicted octanol–water partition coefficient (Wildman–Crippen LogP) is 1.13. The number of nitrogens with two attached hydrogens (primary N) is 1. The molecule has 3 aliphatic heterocycles. The summed E-state index contributed by atoms with van der Waals surface area (Å²) in [5.41, 5.74) is 8.41. The van der Waals surface area contributed by atoms with Gasteiger partial charge in [-0.05, 0) is 37.5 Å². The molecule has 0 saturated carbocycles. The standard InChI is InChI=1S/C29H35N6O8P/c1-2-40-28(38)21(15-19-9-5-3-6-10-19)34-44(39,43-20-11-7-4-8-12-20)41-16-23-25(36)26(37)29(17-30,42-23)24-14-13-22-27(31)32-18-33-35(22)24/h3-13,21,23-26,33,36-37H,2,14-16,18H2,1H3,(H2,31,32)(H,34,39)/t21-,23+,24?,25+,26+,29-,44?/m0/s1. The third-order valence-electron chi connectivity index (χ3n) is 7.56. The van der Waals surface area contributed by atoms with E-state index in [1.807, 2.05) is 36.4 Å². The molecule has 1 fully saturated rings. The molecule has 44 heavy (non-hydrogen) atoms. The molecule has 0 radical (unpaired) electrons. The number of para-hydroxylation sites is 1. The summed E-state index contributed by atoms with van der Waals surface area (Å²) < 4.78 is 37.1. The maximum Gasteiger partial charge on any atom is 0.459 e. The molecule has 0 amide bonds. The van der Waals surface area contributed by atoms with Gasteiger partial charge in [0.25, 0.3) is 0 Å². The van der Waals surface area contributed by atoms with E-state index in [4.69, 9.17) is 24.3 Å². The van der Waals surface area contributed by atoms with E-state index in [-0.39, 0.29) is 37.7 Å². The molecule has 0 aromatic heterocycles. The quantitative estimate of drug-likeness (QED) is 0.166. The lowest BCUT2D eigenvalue weighted by Crippen LogP contribution is -2.61. The van der Waals surface area contributed by atoms with Gasteiger partial charge in [0.05, 0.1) is 25.0 Å². The molecule has 5 rings (SSSR count). The van der Waals surface area contributed by atoms with E-state index in [2.05, 4.69) is 15.5 Å². The minimum absolute atomic E-state index is 0.0911. The number of hydrogen-bond donors (Lipinski definition) is 5. The Hall–Kier alpha value is -3.80. The number of nitriles is 1. The number of rotatable bonds is 12. The average molecular weight is 627 g/mol. The number of nitrogens with one attached hydrogen (secondary N) is 2. The predicted molar refractivity (Wildman–Crippen MR) is 158 cm³/mol. The number of aliphatic hydroxyl groups excluding tert-OH is 2. The van der Waals surface area contributed by atoms with Crippen molar-refractivity contribution in [3.8, 4) is 11.8 Å². The Morgan fingerprint density at radius 1 is 1.27 bits per heavy atom. The van der Waals surface area contributed by atoms with Crippen LogP contribution >= 0.6 is 7.75 Å². The number of amidine groups is 1. The Morgan fingerprint density at radius 2 is 1.98 bits per heavy atom. The van der Waals surface area contributed by atoms with E-state index in [0.29, 0.717) is 5.70 Å². The number of benzene rings is 2. The number of fused-ring (bicyclic) bond motifs is 1. The van der Waals surface area contributed by atoms with Crippen molar-refractivity contribution in [2.75, 3.05) is 19.9 Å². The molecule has 2 unspecified atom stereocenters. The molecule has 0 aliphatic carbocycles. The number of carbonyl (C=O) groups excluding carboxylic acids is 1. The Kier molecular flexibility index (Phi) is 9.67. The van der Waals surface area contributed by atoms with Crippen LogP contribution in [0.5, 0.6) is 5.75 Å². The molecule has 1 saturated heterocycles. The van der Waals surface area contributed by atoms with Gasteiger partial charge >= 0.3 is 13.7 Å². The van der Waals surface area contributed by atoms with Crippen LogP contribution < -0.4 is 20.8 Å². The first-order chi connectivity index (χ1) is 21.2. The van der Waals surface area contributed by atoms with Crippen LogP contribution in [0.25, 0.3) is 0 Å². The summed E-state index contributed by atoms with van der Waals surface area (Å²) in [5.74, 6) is -0.219. The van der Waals surface area contributed by atoms with Crippen LogP contribution in [0.15, 0.2) is 77.4 Å². The van der Waals surface area contributed by atoms with Crippen LogP contribution in [-0.4, -0.2) is 82.9 Å². The van der Waals surface area contributed by atoms with Crippen LogP contribution in [0.3, 0.4) is 0 Å². The van der Waals surface area contributed by atoms with Crippen molar-refractivity contribution in [2.24, 2.45) is 10.7 Å². The highest BCUT2D eigenvalue weighted by Gasteiger charge is 2.62. The number of carbonyl (C=O) groups is 1. The van der Waals surface area contributed by atoms with E-state index < -0.39 is 56.3 Å². The SMILES string of the molecule is CCOC(=O)[C@H](Cc1ccccc1)NP(=O)(OC[C@H]1O[C@@](C#N)(C2CC=C3C(N)=NCNN32)[C@H](O)[C@@H]1O)Oc1ccccc1. The topological polar surface area (TPSA) is 201 Å². The monoisotopic (exact) mass is 626 g/mol. The van der Waals surface area contributed by atoms with Crippen LogP contribution in [0.1, 0.15) is 18.9 Å². The van der Waals surface area contributed by atoms with E-state index >= 15 is 0 Å². The van der Waals surface area contributed by atoms with Gasteiger partial charge in [0, 0.05) is 0 Å². The minimum atomic E-state index is -4.39. The zero-order chi connectivity index (χ0) is 31.3. The van der Waals surface area contributed by atoms with Gasteiger partial charge in [-0.2, -0.15) is 10.3 Å². The fraction of sp³-hybridized carbons (Fsp3) is 0.414. The highest BCUT2D eigenvalue weighted by Crippen LogP contribution is 2.47. The van der Waals surface area contributed by atoms with Crippen LogP contribution in [0, 0.1) is 11.3 Å². The first kappa shape index (κ1) is 31.6. The first-order valence-corrected chi connectivity index (χ1v) is 15.7. The highest BCUT2D eigenvalue weighted by molar-refractivity contribution is 7.52. The smallest absolute Gasteiger partial charge is 0.459 e. The van der Waals surface area contributed by atoms with Gasteiger partial charge in [-0.3, -0.25) is 14.3 Å². The van der Waals surface area contributed by atoms with Crippen LogP contribution in [-0.2, 0) is 29.8 Å². The lowest BCUT2D eigenvalue weighted by molar-refractivity contribution is -0.145. The third kappa shape index (κ3) is 6.50. The molecule has 2 aromatic carbocycles. The number of hydrazine groups is 1. The molecular formula is C29H35N6O8P. The fourth-order valence-corrected chi connectivity index (χ4v) is 6.93. The molecule has 2 aromatic rings. The molecule has 3 heterocycles. The summed E-state index contributed by atoms with van der Waals surface area (Å²) in [4.78, 5) is 17.1. The van der Waals surface area contributed by atoms with Gasteiger partial charge in [0.1, 0.15) is 48.7 Å². The molecule has 14 nitrogen and oxygen atoms in total. The number of esters is 1. The first-order valence-electron chi connectivity index (χ1n) is 14.2. The van der Waals surface area contributed by atoms with Crippen molar-refractivity contribution in [1.82, 2.24) is 15.5 Å². The Bertz CT molecular complexity index is 1470. The summed E-state index contributed by atoms with van der Waals surface area (Å²) in [5, 5.41) is 36.7. The lowest BCUT2D eigenvalue weighted by Gasteiger charge is -2.40. The van der Waals surface area contributed by atoms with Gasteiger partial charge in [0.15, 0.2) is 0 Å². The summed E-state index contributed by atoms with van der Waals surface area (Å²) in [7, 11) is -4.39. The Balaban J connectivity index is 1.37. The van der Waals surface area contributed by atoms with Crippen molar-refractivity contribution >= 4 is 19.6 Å². The largest absolute Gasteiger partial charge is 0.465 e. The van der Waals surface area contributed by atoms with Crippen molar-refractivity contribution in [3.63, 3.8) is 0 Å². The third-order valence-corrected chi connectivity index (χ3v) is 9.13. The van der Waals surface area contributed by atoms with Crippen LogP contribution in [0.2, 0.25) is 0 Å². The second-order valence-corrected chi connectivity index (χ2v) is 12.1. The summed E-state index contributed by atoms with van der Waals surface area (Å²) in [6.45, 7) is 1.34. The van der Waals surface area contributed by atoms with Gasteiger partial charge in [-0.25, -0.2) is 15.0 Å². The van der Waals surface area contributed by atoms with Gasteiger partial charge in [-0.15, -0.1) is 0 Å². The zero-order valence-electron chi connectivity index (χ0n) is 24.0.